The number of carbonyl (C=O) groups is 1. The number of allylic oxidation sites excluding steroid dienone is 2. The summed E-state index contributed by atoms with van der Waals surface area (Å²) >= 11 is 0. The lowest BCUT2D eigenvalue weighted by Crippen LogP contribution is -2.31. The van der Waals surface area contributed by atoms with Crippen molar-refractivity contribution in [3.8, 4) is 0 Å². The fourth-order valence-electron chi connectivity index (χ4n) is 4.20. The molecule has 0 heterocycles. The molecule has 0 bridgehead atoms. The van der Waals surface area contributed by atoms with Gasteiger partial charge < -0.3 is 4.90 Å². The van der Waals surface area contributed by atoms with E-state index in [-0.39, 0.29) is 5.91 Å². The molecule has 0 aliphatic carbocycles. The molecule has 0 unspecified atom stereocenters. The third kappa shape index (κ3) is 5.08. The molecule has 0 saturated heterocycles. The summed E-state index contributed by atoms with van der Waals surface area (Å²) in [5.74, 6) is 0.0857. The van der Waals surface area contributed by atoms with Crippen LogP contribution in [0.5, 0.6) is 0 Å². The average Bonchev–Trinajstić information content (AvgIpc) is 2.85. The zero-order valence-electron chi connectivity index (χ0n) is 19.6. The van der Waals surface area contributed by atoms with Gasteiger partial charge in [-0.1, -0.05) is 97.9 Å². The molecule has 0 spiro atoms. The zero-order chi connectivity index (χ0) is 22.9. The maximum atomic E-state index is 13.0. The Labute approximate surface area is 192 Å². The number of carbonyl (C=O) groups excluding carboxylic acids is 1. The quantitative estimate of drug-likeness (QED) is 0.274. The van der Waals surface area contributed by atoms with Gasteiger partial charge in [-0.2, -0.15) is 0 Å². The average molecular weight is 424 g/mol. The van der Waals surface area contributed by atoms with Gasteiger partial charge >= 0.3 is 0 Å². The maximum absolute atomic E-state index is 13.0. The highest BCUT2D eigenvalue weighted by molar-refractivity contribution is 6.19. The van der Waals surface area contributed by atoms with Crippen LogP contribution >= 0.6 is 0 Å². The first-order valence-electron chi connectivity index (χ1n) is 11.5. The van der Waals surface area contributed by atoms with E-state index in [0.717, 1.165) is 23.1 Å². The van der Waals surface area contributed by atoms with Crippen molar-refractivity contribution in [2.45, 2.75) is 34.1 Å². The standard InChI is InChI=1S/C30H33NO/c1-5-27(23-15-11-9-12-16-23)29(25-17-13-10-14-18-25)26-21-19-24(20-22-26)28(6-2)30(32)31(7-3)8-4/h6,9-22H,5,7-8H2,1-4H3. The van der Waals surface area contributed by atoms with Crippen LogP contribution in [0.1, 0.15) is 56.4 Å². The molecule has 0 fully saturated rings. The minimum atomic E-state index is 0.0857. The number of likely N-dealkylation sites (N-methyl/N-ethyl adjacent to an activating group) is 1. The minimum absolute atomic E-state index is 0.0857. The second kappa shape index (κ2) is 11.3. The lowest BCUT2D eigenvalue weighted by Gasteiger charge is -2.21. The molecule has 3 aromatic rings. The van der Waals surface area contributed by atoms with E-state index in [2.05, 4.69) is 91.9 Å². The Morgan fingerprint density at radius 1 is 0.688 bits per heavy atom. The molecule has 3 rings (SSSR count). The van der Waals surface area contributed by atoms with Crippen LogP contribution in [0.2, 0.25) is 0 Å². The smallest absolute Gasteiger partial charge is 0.254 e. The number of benzene rings is 3. The minimum Gasteiger partial charge on any atom is -0.339 e. The Morgan fingerprint density at radius 3 is 1.62 bits per heavy atom. The van der Waals surface area contributed by atoms with Gasteiger partial charge in [-0.05, 0) is 60.6 Å². The Morgan fingerprint density at radius 2 is 1.16 bits per heavy atom. The summed E-state index contributed by atoms with van der Waals surface area (Å²) in [5.41, 5.74) is 7.86. The fourth-order valence-corrected chi connectivity index (χ4v) is 4.20. The third-order valence-electron chi connectivity index (χ3n) is 5.89. The van der Waals surface area contributed by atoms with E-state index >= 15 is 0 Å². The second-order valence-electron chi connectivity index (χ2n) is 7.70. The molecular weight excluding hydrogens is 390 g/mol. The Kier molecular flexibility index (Phi) is 8.21. The van der Waals surface area contributed by atoms with Crippen molar-refractivity contribution < 1.29 is 4.79 Å². The number of nitrogens with zero attached hydrogens (tertiary/aromatic N) is 1. The van der Waals surface area contributed by atoms with Gasteiger partial charge in [-0.15, -0.1) is 0 Å². The SMILES string of the molecule is CC=C(C(=O)N(CC)CC)c1ccc(C(=C(CC)c2ccccc2)c2ccccc2)cc1. The summed E-state index contributed by atoms with van der Waals surface area (Å²) in [6.07, 6.45) is 2.85. The molecule has 3 aromatic carbocycles. The van der Waals surface area contributed by atoms with Crippen LogP contribution in [0.15, 0.2) is 91.0 Å². The van der Waals surface area contributed by atoms with E-state index in [1.807, 2.05) is 31.7 Å². The highest BCUT2D eigenvalue weighted by Crippen LogP contribution is 2.34. The molecule has 32 heavy (non-hydrogen) atoms. The lowest BCUT2D eigenvalue weighted by molar-refractivity contribution is -0.124. The zero-order valence-corrected chi connectivity index (χ0v) is 19.6. The van der Waals surface area contributed by atoms with Gasteiger partial charge in [0.2, 0.25) is 0 Å². The fraction of sp³-hybridized carbons (Fsp3) is 0.233. The van der Waals surface area contributed by atoms with E-state index in [9.17, 15) is 4.79 Å². The van der Waals surface area contributed by atoms with Gasteiger partial charge in [0.15, 0.2) is 0 Å². The summed E-state index contributed by atoms with van der Waals surface area (Å²) in [4.78, 5) is 14.8. The summed E-state index contributed by atoms with van der Waals surface area (Å²) in [5, 5.41) is 0. The largest absolute Gasteiger partial charge is 0.339 e. The summed E-state index contributed by atoms with van der Waals surface area (Å²) < 4.78 is 0. The van der Waals surface area contributed by atoms with Gasteiger partial charge in [0.1, 0.15) is 0 Å². The first kappa shape index (κ1) is 23.3. The Balaban J connectivity index is 2.10. The third-order valence-corrected chi connectivity index (χ3v) is 5.89. The highest BCUT2D eigenvalue weighted by Gasteiger charge is 2.18. The van der Waals surface area contributed by atoms with Crippen LogP contribution in [-0.2, 0) is 4.79 Å². The van der Waals surface area contributed by atoms with Gasteiger partial charge in [-0.25, -0.2) is 0 Å². The van der Waals surface area contributed by atoms with Crippen LogP contribution in [0.4, 0.5) is 0 Å². The molecule has 0 aromatic heterocycles. The summed E-state index contributed by atoms with van der Waals surface area (Å²) in [6, 6.07) is 29.6. The van der Waals surface area contributed by atoms with Gasteiger partial charge in [0.25, 0.3) is 5.91 Å². The van der Waals surface area contributed by atoms with Crippen LogP contribution in [0.25, 0.3) is 16.7 Å². The van der Waals surface area contributed by atoms with E-state index in [1.165, 1.54) is 22.3 Å². The van der Waals surface area contributed by atoms with Crippen molar-refractivity contribution in [1.82, 2.24) is 4.90 Å². The summed E-state index contributed by atoms with van der Waals surface area (Å²) in [6.45, 7) is 9.60. The molecular formula is C30H33NO. The van der Waals surface area contributed by atoms with Gasteiger partial charge in [-0.3, -0.25) is 4.79 Å². The van der Waals surface area contributed by atoms with E-state index in [4.69, 9.17) is 0 Å². The number of hydrogen-bond acceptors (Lipinski definition) is 1. The molecule has 164 valence electrons. The van der Waals surface area contributed by atoms with Crippen molar-refractivity contribution in [1.29, 1.82) is 0 Å². The van der Waals surface area contributed by atoms with Crippen LogP contribution in [-0.4, -0.2) is 23.9 Å². The number of hydrogen-bond donors (Lipinski definition) is 0. The highest BCUT2D eigenvalue weighted by atomic mass is 16.2. The molecule has 0 aliphatic rings. The van der Waals surface area contributed by atoms with E-state index < -0.39 is 0 Å². The first-order chi connectivity index (χ1) is 15.6. The molecule has 0 radical (unpaired) electrons. The molecule has 1 amide bonds. The van der Waals surface area contributed by atoms with Crippen molar-refractivity contribution in [3.05, 3.63) is 113 Å². The van der Waals surface area contributed by atoms with Crippen molar-refractivity contribution in [3.63, 3.8) is 0 Å². The van der Waals surface area contributed by atoms with E-state index in [1.54, 1.807) is 0 Å². The second-order valence-corrected chi connectivity index (χ2v) is 7.70. The molecule has 2 heteroatoms. The first-order valence-corrected chi connectivity index (χ1v) is 11.5. The van der Waals surface area contributed by atoms with Crippen LogP contribution in [0.3, 0.4) is 0 Å². The predicted molar refractivity (Wildman–Crippen MR) is 137 cm³/mol. The predicted octanol–water partition coefficient (Wildman–Crippen LogP) is 7.33. The van der Waals surface area contributed by atoms with Crippen molar-refractivity contribution in [2.75, 3.05) is 13.1 Å². The molecule has 0 atom stereocenters. The summed E-state index contributed by atoms with van der Waals surface area (Å²) in [7, 11) is 0. The van der Waals surface area contributed by atoms with Crippen molar-refractivity contribution in [2.24, 2.45) is 0 Å². The maximum Gasteiger partial charge on any atom is 0.254 e. The van der Waals surface area contributed by atoms with Gasteiger partial charge in [0, 0.05) is 18.7 Å². The topological polar surface area (TPSA) is 20.3 Å². The molecule has 0 N–H and O–H groups in total. The Hall–Kier alpha value is -3.39. The monoisotopic (exact) mass is 423 g/mol. The lowest BCUT2D eigenvalue weighted by atomic mass is 9.87. The number of amides is 1. The molecule has 0 aliphatic heterocycles. The molecule has 2 nitrogen and oxygen atoms in total. The van der Waals surface area contributed by atoms with Crippen LogP contribution < -0.4 is 0 Å². The van der Waals surface area contributed by atoms with Gasteiger partial charge in [0.05, 0.1) is 0 Å². The van der Waals surface area contributed by atoms with E-state index in [0.29, 0.717) is 13.1 Å². The normalized spacial score (nSPS) is 12.3. The number of rotatable bonds is 8. The van der Waals surface area contributed by atoms with Crippen molar-refractivity contribution >= 4 is 22.6 Å². The molecule has 0 saturated carbocycles. The van der Waals surface area contributed by atoms with Crippen LogP contribution in [0, 0.1) is 0 Å². The Bertz CT molecular complexity index is 1070.